The number of hydrogen-bond acceptors (Lipinski definition) is 6. The average molecular weight is 291 g/mol. The highest BCUT2D eigenvalue weighted by atomic mass is 16.6. The van der Waals surface area contributed by atoms with Crippen molar-refractivity contribution < 1.29 is 4.92 Å². The maximum atomic E-state index is 11.1. The van der Waals surface area contributed by atoms with Crippen molar-refractivity contribution in [1.82, 2.24) is 0 Å². The van der Waals surface area contributed by atoms with Crippen LogP contribution in [0, 0.1) is 32.8 Å². The monoisotopic (exact) mass is 291 g/mol. The first-order valence-corrected chi connectivity index (χ1v) is 6.12. The molecule has 0 aliphatic rings. The molecule has 0 amide bonds. The van der Waals surface area contributed by atoms with Crippen molar-refractivity contribution in [3.05, 3.63) is 69.3 Å². The largest absolute Gasteiger partial charge is 0.279 e. The average Bonchev–Trinajstić information content (AvgIpc) is 2.55. The highest BCUT2D eigenvalue weighted by molar-refractivity contribution is 5.87. The minimum absolute atomic E-state index is 0.0395. The number of hydrazone groups is 1. The minimum atomic E-state index is -0.619. The van der Waals surface area contributed by atoms with Crippen LogP contribution in [-0.2, 0) is 0 Å². The van der Waals surface area contributed by atoms with Gasteiger partial charge in [-0.05, 0) is 18.2 Å². The first kappa shape index (κ1) is 14.7. The number of hydrogen-bond donors (Lipinski definition) is 1. The molecule has 7 heteroatoms. The maximum Gasteiger partial charge on any atom is 0.279 e. The molecule has 0 saturated heterocycles. The quantitative estimate of drug-likeness (QED) is 0.528. The third-order valence-electron chi connectivity index (χ3n) is 2.78. The number of nitro benzene ring substituents is 1. The van der Waals surface area contributed by atoms with Crippen molar-refractivity contribution in [2.75, 3.05) is 5.43 Å². The van der Waals surface area contributed by atoms with Crippen molar-refractivity contribution in [2.24, 2.45) is 5.10 Å². The number of rotatable bonds is 4. The van der Waals surface area contributed by atoms with Crippen LogP contribution in [0.1, 0.15) is 16.7 Å². The van der Waals surface area contributed by atoms with Gasteiger partial charge in [0.25, 0.3) is 5.69 Å². The van der Waals surface area contributed by atoms with E-state index in [1.54, 1.807) is 18.2 Å². The fourth-order valence-electron chi connectivity index (χ4n) is 1.74. The van der Waals surface area contributed by atoms with Gasteiger partial charge < -0.3 is 0 Å². The van der Waals surface area contributed by atoms with Gasteiger partial charge >= 0.3 is 0 Å². The van der Waals surface area contributed by atoms with E-state index in [4.69, 9.17) is 10.5 Å². The molecule has 2 rings (SSSR count). The molecule has 0 saturated carbocycles. The van der Waals surface area contributed by atoms with E-state index in [1.165, 1.54) is 12.3 Å². The Labute approximate surface area is 125 Å². The second kappa shape index (κ2) is 6.64. The zero-order valence-electron chi connectivity index (χ0n) is 11.2. The molecular formula is C15H9N5O2. The molecule has 0 fully saturated rings. The summed E-state index contributed by atoms with van der Waals surface area (Å²) < 4.78 is 0. The molecule has 2 aromatic rings. The lowest BCUT2D eigenvalue weighted by Gasteiger charge is -2.01. The van der Waals surface area contributed by atoms with Crippen LogP contribution < -0.4 is 5.43 Å². The molecule has 0 unspecified atom stereocenters. The van der Waals surface area contributed by atoms with Gasteiger partial charge in [0.1, 0.15) is 12.1 Å². The molecule has 22 heavy (non-hydrogen) atoms. The van der Waals surface area contributed by atoms with Gasteiger partial charge in [-0.15, -0.1) is 0 Å². The first-order valence-electron chi connectivity index (χ1n) is 6.12. The van der Waals surface area contributed by atoms with Crippen LogP contribution in [0.25, 0.3) is 0 Å². The lowest BCUT2D eigenvalue weighted by atomic mass is 10.0. The molecule has 0 aliphatic heterocycles. The Morgan fingerprint density at radius 2 is 1.77 bits per heavy atom. The second-order valence-electron chi connectivity index (χ2n) is 4.17. The van der Waals surface area contributed by atoms with Crippen molar-refractivity contribution in [1.29, 1.82) is 10.5 Å². The van der Waals surface area contributed by atoms with Gasteiger partial charge in [0, 0.05) is 6.07 Å². The molecule has 0 aliphatic carbocycles. The molecule has 0 heterocycles. The lowest BCUT2D eigenvalue weighted by Crippen LogP contribution is -1.99. The van der Waals surface area contributed by atoms with Crippen LogP contribution in [0.5, 0.6) is 0 Å². The van der Waals surface area contributed by atoms with E-state index in [2.05, 4.69) is 10.5 Å². The molecular weight excluding hydrogens is 282 g/mol. The fourth-order valence-corrected chi connectivity index (χ4v) is 1.74. The standard InChI is InChI=1S/C15H9N5O2/c16-8-11-6-13(15(20(21)22)7-12(11)9-17)10-18-19-14-4-2-1-3-5-14/h1-7,10,19H/b18-10-. The van der Waals surface area contributed by atoms with E-state index in [0.717, 1.165) is 11.8 Å². The predicted molar refractivity (Wildman–Crippen MR) is 80.2 cm³/mol. The molecule has 106 valence electrons. The molecule has 1 N–H and O–H groups in total. The summed E-state index contributed by atoms with van der Waals surface area (Å²) in [5, 5.41) is 32.8. The number of nitro groups is 1. The van der Waals surface area contributed by atoms with Gasteiger partial charge in [-0.25, -0.2) is 0 Å². The smallest absolute Gasteiger partial charge is 0.279 e. The molecule has 0 atom stereocenters. The van der Waals surface area contributed by atoms with Crippen molar-refractivity contribution in [2.45, 2.75) is 0 Å². The van der Waals surface area contributed by atoms with Crippen LogP contribution in [0.15, 0.2) is 47.6 Å². The molecule has 0 bridgehead atoms. The van der Waals surface area contributed by atoms with Gasteiger partial charge in [0.15, 0.2) is 0 Å². The Bertz CT molecular complexity index is 816. The van der Waals surface area contributed by atoms with Gasteiger partial charge in [0.05, 0.1) is 33.5 Å². The molecule has 0 spiro atoms. The Morgan fingerprint density at radius 3 is 2.36 bits per heavy atom. The fraction of sp³-hybridized carbons (Fsp3) is 0. The third-order valence-corrected chi connectivity index (χ3v) is 2.78. The number of nitrogens with one attached hydrogen (secondary N) is 1. The van der Waals surface area contributed by atoms with Crippen molar-refractivity contribution in [3.63, 3.8) is 0 Å². The van der Waals surface area contributed by atoms with E-state index in [0.29, 0.717) is 0 Å². The third kappa shape index (κ3) is 3.24. The van der Waals surface area contributed by atoms with Crippen molar-refractivity contribution in [3.8, 4) is 12.1 Å². The summed E-state index contributed by atoms with van der Waals surface area (Å²) in [7, 11) is 0. The Morgan fingerprint density at radius 1 is 1.14 bits per heavy atom. The molecule has 0 radical (unpaired) electrons. The number of benzene rings is 2. The van der Waals surface area contributed by atoms with Crippen molar-refractivity contribution >= 4 is 17.6 Å². The van der Waals surface area contributed by atoms with Gasteiger partial charge in [-0.2, -0.15) is 15.6 Å². The first-order chi connectivity index (χ1) is 10.7. The summed E-state index contributed by atoms with van der Waals surface area (Å²) in [5.41, 5.74) is 3.33. The minimum Gasteiger partial charge on any atom is -0.279 e. The summed E-state index contributed by atoms with van der Waals surface area (Å²) in [4.78, 5) is 10.4. The van der Waals surface area contributed by atoms with Crippen LogP contribution in [-0.4, -0.2) is 11.1 Å². The molecule has 0 aromatic heterocycles. The van der Waals surface area contributed by atoms with Crippen LogP contribution in [0.4, 0.5) is 11.4 Å². The second-order valence-corrected chi connectivity index (χ2v) is 4.17. The van der Waals surface area contributed by atoms with Gasteiger partial charge in [-0.3, -0.25) is 15.5 Å². The number of anilines is 1. The zero-order valence-corrected chi connectivity index (χ0v) is 11.2. The van der Waals surface area contributed by atoms with E-state index in [-0.39, 0.29) is 22.4 Å². The Balaban J connectivity index is 2.35. The number of nitrogens with zero attached hydrogens (tertiary/aromatic N) is 4. The highest BCUT2D eigenvalue weighted by Crippen LogP contribution is 2.22. The number of para-hydroxylation sites is 1. The van der Waals surface area contributed by atoms with Gasteiger partial charge in [0.2, 0.25) is 0 Å². The van der Waals surface area contributed by atoms with Crippen LogP contribution in [0.3, 0.4) is 0 Å². The van der Waals surface area contributed by atoms with Gasteiger partial charge in [-0.1, -0.05) is 18.2 Å². The Hall–Kier alpha value is -3.71. The normalized spacial score (nSPS) is 9.91. The Kier molecular flexibility index (Phi) is 4.43. The lowest BCUT2D eigenvalue weighted by molar-refractivity contribution is -0.385. The number of nitriles is 2. The summed E-state index contributed by atoms with van der Waals surface area (Å²) in [6.45, 7) is 0. The SMILES string of the molecule is N#Cc1cc(/C=N\Nc2ccccc2)c([N+](=O)[O-])cc1C#N. The summed E-state index contributed by atoms with van der Waals surface area (Å²) in [6, 6.07) is 15.0. The van der Waals surface area contributed by atoms with Crippen LogP contribution in [0.2, 0.25) is 0 Å². The summed E-state index contributed by atoms with van der Waals surface area (Å²) in [5.74, 6) is 0. The van der Waals surface area contributed by atoms with E-state index in [1.807, 2.05) is 24.3 Å². The maximum absolute atomic E-state index is 11.1. The molecule has 7 nitrogen and oxygen atoms in total. The van der Waals surface area contributed by atoms with E-state index < -0.39 is 4.92 Å². The summed E-state index contributed by atoms with van der Waals surface area (Å²) >= 11 is 0. The highest BCUT2D eigenvalue weighted by Gasteiger charge is 2.17. The topological polar surface area (TPSA) is 115 Å². The van der Waals surface area contributed by atoms with Crippen LogP contribution >= 0.6 is 0 Å². The van der Waals surface area contributed by atoms with E-state index >= 15 is 0 Å². The predicted octanol–water partition coefficient (Wildman–Crippen LogP) is 2.78. The zero-order chi connectivity index (χ0) is 15.9. The van der Waals surface area contributed by atoms with E-state index in [9.17, 15) is 10.1 Å². The summed E-state index contributed by atoms with van der Waals surface area (Å²) in [6.07, 6.45) is 1.24. The molecule has 2 aromatic carbocycles.